The fourth-order valence-corrected chi connectivity index (χ4v) is 5.62. The van der Waals surface area contributed by atoms with Crippen molar-refractivity contribution in [1.82, 2.24) is 4.72 Å². The number of thioether (sulfide) groups is 2. The third-order valence-corrected chi connectivity index (χ3v) is 7.32. The van der Waals surface area contributed by atoms with E-state index in [4.69, 9.17) is 0 Å². The summed E-state index contributed by atoms with van der Waals surface area (Å²) in [6, 6.07) is 6.68. The summed E-state index contributed by atoms with van der Waals surface area (Å²) in [5.41, 5.74) is 0. The van der Waals surface area contributed by atoms with Gasteiger partial charge in [-0.2, -0.15) is 23.5 Å². The van der Waals surface area contributed by atoms with Crippen LogP contribution in [0.3, 0.4) is 0 Å². The van der Waals surface area contributed by atoms with Gasteiger partial charge in [-0.15, -0.1) is 0 Å². The van der Waals surface area contributed by atoms with Crippen molar-refractivity contribution in [3.05, 3.63) is 28.7 Å². The zero-order valence-electron chi connectivity index (χ0n) is 9.63. The Hall–Kier alpha value is 0.310. The summed E-state index contributed by atoms with van der Waals surface area (Å²) in [6.07, 6.45) is 0. The van der Waals surface area contributed by atoms with Crippen molar-refractivity contribution >= 4 is 49.5 Å². The molecule has 1 atom stereocenters. The first-order chi connectivity index (χ1) is 8.58. The maximum atomic E-state index is 12.0. The molecule has 1 N–H and O–H groups in total. The number of nitrogens with one attached hydrogen (secondary N) is 1. The molecule has 1 aliphatic heterocycles. The van der Waals surface area contributed by atoms with Gasteiger partial charge in [0.2, 0.25) is 10.0 Å². The molecule has 0 spiro atoms. The highest BCUT2D eigenvalue weighted by Gasteiger charge is 2.19. The predicted molar refractivity (Wildman–Crippen MR) is 82.9 cm³/mol. The number of hydrogen-bond acceptors (Lipinski definition) is 4. The van der Waals surface area contributed by atoms with Gasteiger partial charge in [-0.1, -0.05) is 15.9 Å². The van der Waals surface area contributed by atoms with Gasteiger partial charge in [-0.25, -0.2) is 13.1 Å². The molecular weight excluding hydrogens is 354 g/mol. The predicted octanol–water partition coefficient (Wildman–Crippen LogP) is 2.58. The lowest BCUT2D eigenvalue weighted by atomic mass is 10.4. The second-order valence-corrected chi connectivity index (χ2v) is 9.11. The van der Waals surface area contributed by atoms with E-state index in [0.29, 0.717) is 16.7 Å². The molecule has 1 heterocycles. The Bertz CT molecular complexity index is 484. The van der Waals surface area contributed by atoms with Crippen LogP contribution < -0.4 is 4.72 Å². The molecule has 3 nitrogen and oxygen atoms in total. The lowest BCUT2D eigenvalue weighted by Crippen LogP contribution is -2.33. The number of sulfonamides is 1. The molecule has 0 radical (unpaired) electrons. The molecule has 100 valence electrons. The van der Waals surface area contributed by atoms with Crippen LogP contribution in [0.5, 0.6) is 0 Å². The van der Waals surface area contributed by atoms with Gasteiger partial charge in [0.1, 0.15) is 0 Å². The van der Waals surface area contributed by atoms with Crippen molar-refractivity contribution in [3.8, 4) is 0 Å². The van der Waals surface area contributed by atoms with Crippen molar-refractivity contribution in [2.24, 2.45) is 0 Å². The SMILES string of the molecule is O=S(=O)(NCC1CSCCS1)c1ccc(Br)cc1. The molecule has 0 aromatic heterocycles. The van der Waals surface area contributed by atoms with E-state index in [2.05, 4.69) is 20.7 Å². The van der Waals surface area contributed by atoms with E-state index in [1.165, 1.54) is 5.75 Å². The molecule has 7 heteroatoms. The van der Waals surface area contributed by atoms with Gasteiger partial charge in [-0.05, 0) is 24.3 Å². The summed E-state index contributed by atoms with van der Waals surface area (Å²) in [7, 11) is -3.37. The quantitative estimate of drug-likeness (QED) is 0.888. The van der Waals surface area contributed by atoms with Crippen molar-refractivity contribution in [1.29, 1.82) is 0 Å². The van der Waals surface area contributed by atoms with Gasteiger partial charge in [-0.3, -0.25) is 0 Å². The van der Waals surface area contributed by atoms with Gasteiger partial charge >= 0.3 is 0 Å². The summed E-state index contributed by atoms with van der Waals surface area (Å²) in [6.45, 7) is 0.510. The van der Waals surface area contributed by atoms with E-state index in [1.807, 2.05) is 23.5 Å². The monoisotopic (exact) mass is 367 g/mol. The van der Waals surface area contributed by atoms with Crippen LogP contribution in [0, 0.1) is 0 Å². The molecule has 2 rings (SSSR count). The fourth-order valence-electron chi connectivity index (χ4n) is 1.55. The van der Waals surface area contributed by atoms with Crippen molar-refractivity contribution in [3.63, 3.8) is 0 Å². The minimum absolute atomic E-state index is 0.319. The first kappa shape index (κ1) is 14.7. The Morgan fingerprint density at radius 3 is 2.61 bits per heavy atom. The maximum Gasteiger partial charge on any atom is 0.240 e. The van der Waals surface area contributed by atoms with E-state index in [0.717, 1.165) is 16.0 Å². The summed E-state index contributed by atoms with van der Waals surface area (Å²) in [5.74, 6) is 3.30. The molecular formula is C11H14BrNO2S3. The molecule has 0 amide bonds. The lowest BCUT2D eigenvalue weighted by molar-refractivity contribution is 0.581. The van der Waals surface area contributed by atoms with Crippen LogP contribution in [0.2, 0.25) is 0 Å². The molecule has 1 fully saturated rings. The molecule has 1 saturated heterocycles. The van der Waals surface area contributed by atoms with Gasteiger partial charge in [0, 0.05) is 33.5 Å². The largest absolute Gasteiger partial charge is 0.240 e. The first-order valence-electron chi connectivity index (χ1n) is 5.52. The van der Waals surface area contributed by atoms with E-state index < -0.39 is 10.0 Å². The van der Waals surface area contributed by atoms with Crippen molar-refractivity contribution in [2.75, 3.05) is 23.8 Å². The van der Waals surface area contributed by atoms with Gasteiger partial charge < -0.3 is 0 Å². The zero-order valence-corrected chi connectivity index (χ0v) is 13.7. The molecule has 0 aliphatic carbocycles. The standard InChI is InChI=1S/C11H14BrNO2S3/c12-9-1-3-11(4-2-9)18(14,15)13-7-10-8-16-5-6-17-10/h1-4,10,13H,5-8H2. The van der Waals surface area contributed by atoms with Gasteiger partial charge in [0.05, 0.1) is 4.90 Å². The van der Waals surface area contributed by atoms with E-state index in [-0.39, 0.29) is 0 Å². The van der Waals surface area contributed by atoms with E-state index in [9.17, 15) is 8.42 Å². The van der Waals surface area contributed by atoms with Gasteiger partial charge in [0.15, 0.2) is 0 Å². The minimum atomic E-state index is -3.37. The Labute approximate surface area is 125 Å². The highest BCUT2D eigenvalue weighted by Crippen LogP contribution is 2.23. The number of rotatable bonds is 4. The summed E-state index contributed by atoms with van der Waals surface area (Å²) < 4.78 is 27.7. The van der Waals surface area contributed by atoms with Crippen LogP contribution >= 0.6 is 39.5 Å². The summed E-state index contributed by atoms with van der Waals surface area (Å²) in [5, 5.41) is 0.383. The zero-order chi connectivity index (χ0) is 13.0. The number of benzene rings is 1. The number of halogens is 1. The summed E-state index contributed by atoms with van der Waals surface area (Å²) in [4.78, 5) is 0.319. The van der Waals surface area contributed by atoms with E-state index in [1.54, 1.807) is 24.3 Å². The molecule has 1 unspecified atom stereocenters. The minimum Gasteiger partial charge on any atom is -0.210 e. The average molecular weight is 368 g/mol. The maximum absolute atomic E-state index is 12.0. The third-order valence-electron chi connectivity index (χ3n) is 2.51. The van der Waals surface area contributed by atoms with Gasteiger partial charge in [0.25, 0.3) is 0 Å². The average Bonchev–Trinajstić information content (AvgIpc) is 2.38. The number of hydrogen-bond donors (Lipinski definition) is 1. The van der Waals surface area contributed by atoms with Crippen LogP contribution in [0.25, 0.3) is 0 Å². The highest BCUT2D eigenvalue weighted by molar-refractivity contribution is 9.10. The topological polar surface area (TPSA) is 46.2 Å². The molecule has 1 aliphatic rings. The van der Waals surface area contributed by atoms with Crippen LogP contribution in [0.15, 0.2) is 33.6 Å². The summed E-state index contributed by atoms with van der Waals surface area (Å²) >= 11 is 7.03. The van der Waals surface area contributed by atoms with Crippen LogP contribution in [0.1, 0.15) is 0 Å². The van der Waals surface area contributed by atoms with Crippen LogP contribution in [0.4, 0.5) is 0 Å². The first-order valence-corrected chi connectivity index (χ1v) is 10.0. The van der Waals surface area contributed by atoms with E-state index >= 15 is 0 Å². The molecule has 1 aromatic rings. The smallest absolute Gasteiger partial charge is 0.210 e. The highest BCUT2D eigenvalue weighted by atomic mass is 79.9. The second kappa shape index (κ2) is 6.65. The molecule has 0 saturated carbocycles. The van der Waals surface area contributed by atoms with Crippen LogP contribution in [-0.4, -0.2) is 37.5 Å². The molecule has 18 heavy (non-hydrogen) atoms. The lowest BCUT2D eigenvalue weighted by Gasteiger charge is -2.21. The third kappa shape index (κ3) is 4.16. The Balaban J connectivity index is 1.96. The molecule has 1 aromatic carbocycles. The normalized spacial score (nSPS) is 20.8. The Morgan fingerprint density at radius 1 is 1.28 bits per heavy atom. The van der Waals surface area contributed by atoms with Crippen molar-refractivity contribution < 1.29 is 8.42 Å². The fraction of sp³-hybridized carbons (Fsp3) is 0.455. The van der Waals surface area contributed by atoms with Crippen molar-refractivity contribution in [2.45, 2.75) is 10.1 Å². The Kier molecular flexibility index (Phi) is 5.44. The van der Waals surface area contributed by atoms with Crippen LogP contribution in [-0.2, 0) is 10.0 Å². The second-order valence-electron chi connectivity index (χ2n) is 3.87. The molecule has 0 bridgehead atoms. The Morgan fingerprint density at radius 2 is 2.00 bits per heavy atom.